The SMILES string of the molecule is Cc1cc(N=O)c2nc(C)c(CCN3CCC(C(N=O)c4ccc(F)cc4)CC3)c(=O)n2c1. The molecule has 3 heterocycles. The predicted molar refractivity (Wildman–Crippen MR) is 124 cm³/mol. The lowest BCUT2D eigenvalue weighted by Crippen LogP contribution is -2.37. The standard InChI is InChI=1S/C24H26FN5O3/c1-15-13-21(27-32)23-26-16(2)20(24(31)30(23)14-15)9-12-29-10-7-18(8-11-29)22(28-33)17-3-5-19(25)6-4-17/h3-6,13-14,18,22H,7-12H2,1-2H3. The third-order valence-corrected chi connectivity index (χ3v) is 6.52. The van der Waals surface area contributed by atoms with Crippen LogP contribution in [0, 0.1) is 35.4 Å². The summed E-state index contributed by atoms with van der Waals surface area (Å²) in [6, 6.07) is 7.11. The fourth-order valence-corrected chi connectivity index (χ4v) is 4.69. The lowest BCUT2D eigenvalue weighted by molar-refractivity contribution is 0.170. The molecule has 0 amide bonds. The molecule has 1 atom stereocenters. The highest BCUT2D eigenvalue weighted by Gasteiger charge is 2.29. The van der Waals surface area contributed by atoms with Gasteiger partial charge in [-0.05, 0) is 86.6 Å². The van der Waals surface area contributed by atoms with Crippen molar-refractivity contribution < 1.29 is 4.39 Å². The summed E-state index contributed by atoms with van der Waals surface area (Å²) in [7, 11) is 0. The molecule has 0 saturated carbocycles. The molecule has 8 nitrogen and oxygen atoms in total. The molecule has 0 N–H and O–H groups in total. The van der Waals surface area contributed by atoms with Gasteiger partial charge in [-0.3, -0.25) is 9.20 Å². The molecule has 33 heavy (non-hydrogen) atoms. The number of halogens is 1. The van der Waals surface area contributed by atoms with Crippen molar-refractivity contribution >= 4 is 11.3 Å². The van der Waals surface area contributed by atoms with Crippen molar-refractivity contribution in [3.63, 3.8) is 0 Å². The Balaban J connectivity index is 1.43. The first-order chi connectivity index (χ1) is 15.9. The van der Waals surface area contributed by atoms with E-state index < -0.39 is 6.04 Å². The van der Waals surface area contributed by atoms with Gasteiger partial charge < -0.3 is 4.90 Å². The van der Waals surface area contributed by atoms with Gasteiger partial charge in [0.25, 0.3) is 5.56 Å². The third kappa shape index (κ3) is 4.73. The van der Waals surface area contributed by atoms with Gasteiger partial charge in [-0.1, -0.05) is 17.3 Å². The first kappa shape index (κ1) is 22.8. The van der Waals surface area contributed by atoms with Gasteiger partial charge in [0.15, 0.2) is 11.3 Å². The smallest absolute Gasteiger partial charge is 0.261 e. The van der Waals surface area contributed by atoms with Gasteiger partial charge in [-0.15, -0.1) is 4.91 Å². The highest BCUT2D eigenvalue weighted by molar-refractivity contribution is 5.64. The fraction of sp³-hybridized carbons (Fsp3) is 0.417. The number of nitrogens with zero attached hydrogens (tertiary/aromatic N) is 5. The fourth-order valence-electron chi connectivity index (χ4n) is 4.69. The Labute approximate surface area is 190 Å². The molecule has 1 aromatic carbocycles. The summed E-state index contributed by atoms with van der Waals surface area (Å²) in [5, 5.41) is 6.35. The molecule has 0 radical (unpaired) electrons. The molecule has 1 unspecified atom stereocenters. The van der Waals surface area contributed by atoms with Gasteiger partial charge >= 0.3 is 0 Å². The van der Waals surface area contributed by atoms with Crippen molar-refractivity contribution in [3.05, 3.63) is 84.9 Å². The second-order valence-electron chi connectivity index (χ2n) is 8.70. The largest absolute Gasteiger partial charge is 0.303 e. The maximum atomic E-state index is 13.2. The number of nitroso groups, excluding NO2 is 2. The van der Waals surface area contributed by atoms with E-state index in [0.717, 1.165) is 37.1 Å². The molecule has 0 spiro atoms. The summed E-state index contributed by atoms with van der Waals surface area (Å²) >= 11 is 0. The molecule has 2 aromatic heterocycles. The van der Waals surface area contributed by atoms with Crippen molar-refractivity contribution in [2.24, 2.45) is 16.3 Å². The number of benzene rings is 1. The van der Waals surface area contributed by atoms with Crippen LogP contribution in [-0.2, 0) is 6.42 Å². The van der Waals surface area contributed by atoms with Crippen LogP contribution in [0.5, 0.6) is 0 Å². The molecule has 1 saturated heterocycles. The number of aromatic nitrogens is 2. The molecular weight excluding hydrogens is 425 g/mol. The zero-order valence-corrected chi connectivity index (χ0v) is 18.7. The lowest BCUT2D eigenvalue weighted by atomic mass is 9.86. The van der Waals surface area contributed by atoms with E-state index >= 15 is 0 Å². The number of likely N-dealkylation sites (tertiary alicyclic amines) is 1. The van der Waals surface area contributed by atoms with Crippen LogP contribution in [0.4, 0.5) is 10.1 Å². The van der Waals surface area contributed by atoms with E-state index in [0.29, 0.717) is 24.2 Å². The van der Waals surface area contributed by atoms with Crippen LogP contribution in [0.3, 0.4) is 0 Å². The first-order valence-electron chi connectivity index (χ1n) is 11.1. The van der Waals surface area contributed by atoms with Gasteiger partial charge in [0.1, 0.15) is 11.9 Å². The van der Waals surface area contributed by atoms with Crippen molar-refractivity contribution in [1.82, 2.24) is 14.3 Å². The van der Waals surface area contributed by atoms with Crippen LogP contribution >= 0.6 is 0 Å². The second kappa shape index (κ2) is 9.66. The summed E-state index contributed by atoms with van der Waals surface area (Å²) in [5.74, 6) is -0.224. The second-order valence-corrected chi connectivity index (χ2v) is 8.70. The van der Waals surface area contributed by atoms with E-state index in [9.17, 15) is 19.0 Å². The summed E-state index contributed by atoms with van der Waals surface area (Å²) < 4.78 is 14.6. The summed E-state index contributed by atoms with van der Waals surface area (Å²) in [6.45, 7) is 5.85. The molecule has 4 rings (SSSR count). The van der Waals surface area contributed by atoms with Crippen LogP contribution in [0.15, 0.2) is 51.7 Å². The topological polar surface area (TPSA) is 96.5 Å². The number of pyridine rings is 1. The monoisotopic (exact) mass is 451 g/mol. The van der Waals surface area contributed by atoms with Crippen LogP contribution in [0.2, 0.25) is 0 Å². The Bertz CT molecular complexity index is 1230. The van der Waals surface area contributed by atoms with Gasteiger partial charge in [-0.2, -0.15) is 4.91 Å². The number of hydrogen-bond donors (Lipinski definition) is 0. The van der Waals surface area contributed by atoms with E-state index in [1.807, 2.05) is 0 Å². The average molecular weight is 452 g/mol. The maximum Gasteiger partial charge on any atom is 0.261 e. The molecule has 1 aliphatic rings. The summed E-state index contributed by atoms with van der Waals surface area (Å²) in [6.07, 6.45) is 3.82. The van der Waals surface area contributed by atoms with Crippen molar-refractivity contribution in [1.29, 1.82) is 0 Å². The average Bonchev–Trinajstić information content (AvgIpc) is 2.81. The zero-order chi connectivity index (χ0) is 23.5. The van der Waals surface area contributed by atoms with Crippen LogP contribution in [0.1, 0.15) is 41.3 Å². The van der Waals surface area contributed by atoms with Crippen molar-refractivity contribution in [3.8, 4) is 0 Å². The van der Waals surface area contributed by atoms with Crippen LogP contribution < -0.4 is 5.56 Å². The Morgan fingerprint density at radius 3 is 2.48 bits per heavy atom. The van der Waals surface area contributed by atoms with Gasteiger partial charge in [0, 0.05) is 24.0 Å². The molecule has 9 heteroatoms. The van der Waals surface area contributed by atoms with Crippen LogP contribution in [-0.4, -0.2) is 33.9 Å². The van der Waals surface area contributed by atoms with Crippen molar-refractivity contribution in [2.45, 2.75) is 39.2 Å². The first-order valence-corrected chi connectivity index (χ1v) is 11.1. The van der Waals surface area contributed by atoms with E-state index in [1.54, 1.807) is 38.2 Å². The van der Waals surface area contributed by atoms with E-state index in [4.69, 9.17) is 0 Å². The molecule has 0 bridgehead atoms. The minimum Gasteiger partial charge on any atom is -0.303 e. The highest BCUT2D eigenvalue weighted by atomic mass is 19.1. The quantitative estimate of drug-likeness (QED) is 0.489. The van der Waals surface area contributed by atoms with Gasteiger partial charge in [-0.25, -0.2) is 9.37 Å². The number of aryl methyl sites for hydroxylation is 2. The van der Waals surface area contributed by atoms with Gasteiger partial charge in [0.05, 0.1) is 0 Å². The van der Waals surface area contributed by atoms with Gasteiger partial charge in [0.2, 0.25) is 0 Å². The highest BCUT2D eigenvalue weighted by Crippen LogP contribution is 2.34. The molecule has 3 aromatic rings. The minimum absolute atomic E-state index is 0.108. The molecule has 1 fully saturated rings. The zero-order valence-electron chi connectivity index (χ0n) is 18.7. The van der Waals surface area contributed by atoms with Crippen LogP contribution in [0.25, 0.3) is 5.65 Å². The summed E-state index contributed by atoms with van der Waals surface area (Å²) in [4.78, 5) is 42.5. The molecule has 0 aliphatic carbocycles. The Kier molecular flexibility index (Phi) is 6.69. The Morgan fingerprint density at radius 2 is 1.85 bits per heavy atom. The lowest BCUT2D eigenvalue weighted by Gasteiger charge is -2.33. The van der Waals surface area contributed by atoms with E-state index in [1.165, 1.54) is 16.5 Å². The number of fused-ring (bicyclic) bond motifs is 1. The molecule has 1 aliphatic heterocycles. The van der Waals surface area contributed by atoms with Crippen molar-refractivity contribution in [2.75, 3.05) is 19.6 Å². The minimum atomic E-state index is -0.479. The normalized spacial score (nSPS) is 16.1. The third-order valence-electron chi connectivity index (χ3n) is 6.52. The maximum absolute atomic E-state index is 13.2. The summed E-state index contributed by atoms with van der Waals surface area (Å²) in [5.41, 5.74) is 2.98. The number of hydrogen-bond acceptors (Lipinski definition) is 7. The molecule has 172 valence electrons. The molecular formula is C24H26FN5O3. The number of piperidine rings is 1. The number of rotatable bonds is 7. The van der Waals surface area contributed by atoms with E-state index in [-0.39, 0.29) is 28.6 Å². The Hall–Kier alpha value is -3.33. The Morgan fingerprint density at radius 1 is 1.15 bits per heavy atom. The van der Waals surface area contributed by atoms with E-state index in [2.05, 4.69) is 20.2 Å². The predicted octanol–water partition coefficient (Wildman–Crippen LogP) is 4.61.